The van der Waals surface area contributed by atoms with Crippen LogP contribution in [0.25, 0.3) is 0 Å². The van der Waals surface area contributed by atoms with Gasteiger partial charge in [-0.05, 0) is 30.3 Å². The highest BCUT2D eigenvalue weighted by atomic mass is 79.9. The molecule has 0 aliphatic heterocycles. The molecule has 0 heterocycles. The van der Waals surface area contributed by atoms with Crippen LogP contribution in [0.1, 0.15) is 16.8 Å². The SMILES string of the molecule is O=C(CCNS(=O)(=O)c1cccc(Br)c1)NCCNC(=O)c1ccccc1F. The molecular formula is C18H19BrFN3O4S. The minimum Gasteiger partial charge on any atom is -0.354 e. The number of carbonyl (C=O) groups is 2. The van der Waals surface area contributed by atoms with E-state index < -0.39 is 21.7 Å². The predicted octanol–water partition coefficient (Wildman–Crippen LogP) is 1.80. The van der Waals surface area contributed by atoms with Crippen LogP contribution in [0.2, 0.25) is 0 Å². The molecule has 0 aliphatic rings. The van der Waals surface area contributed by atoms with Crippen molar-refractivity contribution in [1.82, 2.24) is 15.4 Å². The van der Waals surface area contributed by atoms with Crippen LogP contribution < -0.4 is 15.4 Å². The second-order valence-electron chi connectivity index (χ2n) is 5.69. The monoisotopic (exact) mass is 471 g/mol. The highest BCUT2D eigenvalue weighted by molar-refractivity contribution is 9.10. The smallest absolute Gasteiger partial charge is 0.254 e. The van der Waals surface area contributed by atoms with Crippen LogP contribution in [0, 0.1) is 5.82 Å². The number of benzene rings is 2. The van der Waals surface area contributed by atoms with Crippen molar-refractivity contribution in [3.8, 4) is 0 Å². The molecule has 0 aliphatic carbocycles. The minimum absolute atomic E-state index is 0.0610. The number of amides is 2. The van der Waals surface area contributed by atoms with Crippen molar-refractivity contribution in [1.29, 1.82) is 0 Å². The number of nitrogens with one attached hydrogen (secondary N) is 3. The Labute approximate surface area is 170 Å². The summed E-state index contributed by atoms with van der Waals surface area (Å²) < 4.78 is 40.7. The molecule has 0 bridgehead atoms. The number of sulfonamides is 1. The summed E-state index contributed by atoms with van der Waals surface area (Å²) in [5.41, 5.74) is -0.0734. The molecule has 2 rings (SSSR count). The van der Waals surface area contributed by atoms with Gasteiger partial charge in [0.2, 0.25) is 15.9 Å². The van der Waals surface area contributed by atoms with Crippen LogP contribution in [0.15, 0.2) is 57.9 Å². The molecule has 0 spiro atoms. The largest absolute Gasteiger partial charge is 0.354 e. The lowest BCUT2D eigenvalue weighted by atomic mass is 10.2. The summed E-state index contributed by atoms with van der Waals surface area (Å²) in [6.07, 6.45) is -0.0610. The van der Waals surface area contributed by atoms with Crippen LogP contribution in [0.4, 0.5) is 4.39 Å². The topological polar surface area (TPSA) is 104 Å². The lowest BCUT2D eigenvalue weighted by molar-refractivity contribution is -0.120. The fourth-order valence-corrected chi connectivity index (χ4v) is 3.85. The van der Waals surface area contributed by atoms with Crippen LogP contribution in [-0.2, 0) is 14.8 Å². The molecule has 28 heavy (non-hydrogen) atoms. The van der Waals surface area contributed by atoms with Gasteiger partial charge >= 0.3 is 0 Å². The Morgan fingerprint density at radius 3 is 2.39 bits per heavy atom. The Kier molecular flexibility index (Phi) is 8.09. The first-order valence-electron chi connectivity index (χ1n) is 8.34. The summed E-state index contributed by atoms with van der Waals surface area (Å²) in [4.78, 5) is 23.7. The van der Waals surface area contributed by atoms with E-state index in [0.717, 1.165) is 0 Å². The first-order valence-corrected chi connectivity index (χ1v) is 10.6. The normalized spacial score (nSPS) is 11.1. The highest BCUT2D eigenvalue weighted by Crippen LogP contribution is 2.15. The van der Waals surface area contributed by atoms with E-state index in [2.05, 4.69) is 31.3 Å². The van der Waals surface area contributed by atoms with Crippen molar-refractivity contribution < 1.29 is 22.4 Å². The maximum atomic E-state index is 13.5. The van der Waals surface area contributed by atoms with E-state index in [1.807, 2.05) is 0 Å². The molecule has 0 radical (unpaired) electrons. The van der Waals surface area contributed by atoms with Crippen molar-refractivity contribution in [2.24, 2.45) is 0 Å². The number of hydrogen-bond acceptors (Lipinski definition) is 4. The number of carbonyl (C=O) groups excluding carboxylic acids is 2. The molecule has 0 saturated heterocycles. The second kappa shape index (κ2) is 10.3. The molecule has 0 atom stereocenters. The maximum absolute atomic E-state index is 13.5. The van der Waals surface area contributed by atoms with E-state index in [4.69, 9.17) is 0 Å². The van der Waals surface area contributed by atoms with Gasteiger partial charge in [-0.1, -0.05) is 34.1 Å². The lowest BCUT2D eigenvalue weighted by Crippen LogP contribution is -2.36. The first kappa shape index (κ1) is 22.0. The molecule has 2 aromatic carbocycles. The maximum Gasteiger partial charge on any atom is 0.254 e. The number of halogens is 2. The van der Waals surface area contributed by atoms with Crippen molar-refractivity contribution in [3.05, 3.63) is 64.4 Å². The molecule has 3 N–H and O–H groups in total. The van der Waals surface area contributed by atoms with Gasteiger partial charge in [-0.3, -0.25) is 9.59 Å². The van der Waals surface area contributed by atoms with E-state index in [9.17, 15) is 22.4 Å². The fraction of sp³-hybridized carbons (Fsp3) is 0.222. The average molecular weight is 472 g/mol. The first-order chi connectivity index (χ1) is 13.3. The fourth-order valence-electron chi connectivity index (χ4n) is 2.22. The van der Waals surface area contributed by atoms with Gasteiger partial charge in [-0.25, -0.2) is 17.5 Å². The zero-order valence-corrected chi connectivity index (χ0v) is 17.1. The summed E-state index contributed by atoms with van der Waals surface area (Å²) in [5, 5.41) is 5.04. The Bertz CT molecular complexity index is 953. The number of rotatable bonds is 9. The zero-order chi connectivity index (χ0) is 20.6. The summed E-state index contributed by atoms with van der Waals surface area (Å²) >= 11 is 3.20. The molecule has 2 aromatic rings. The van der Waals surface area contributed by atoms with Gasteiger partial charge in [-0.15, -0.1) is 0 Å². The second-order valence-corrected chi connectivity index (χ2v) is 8.37. The van der Waals surface area contributed by atoms with Crippen molar-refractivity contribution in [2.75, 3.05) is 19.6 Å². The van der Waals surface area contributed by atoms with Crippen molar-refractivity contribution in [2.45, 2.75) is 11.3 Å². The van der Waals surface area contributed by atoms with Crippen LogP contribution >= 0.6 is 15.9 Å². The summed E-state index contributed by atoms with van der Waals surface area (Å²) in [6.45, 7) is 0.183. The van der Waals surface area contributed by atoms with E-state index >= 15 is 0 Å². The van der Waals surface area contributed by atoms with Gasteiger partial charge in [0.25, 0.3) is 5.91 Å². The predicted molar refractivity (Wildman–Crippen MR) is 106 cm³/mol. The Hall–Kier alpha value is -2.30. The standard InChI is InChI=1S/C18H19BrFN3O4S/c19-13-4-3-5-14(12-13)28(26,27)23-9-8-17(24)21-10-11-22-18(25)15-6-1-2-7-16(15)20/h1-7,12,23H,8-11H2,(H,21,24)(H,22,25). The summed E-state index contributed by atoms with van der Waals surface area (Å²) in [6, 6.07) is 11.8. The Balaban J connectivity index is 1.68. The van der Waals surface area contributed by atoms with Crippen LogP contribution in [0.3, 0.4) is 0 Å². The lowest BCUT2D eigenvalue weighted by Gasteiger charge is -2.09. The molecular weight excluding hydrogens is 453 g/mol. The third-order valence-corrected chi connectivity index (χ3v) is 5.55. The van der Waals surface area contributed by atoms with E-state index in [-0.39, 0.29) is 42.4 Å². The van der Waals surface area contributed by atoms with Gasteiger partial charge < -0.3 is 10.6 Å². The van der Waals surface area contributed by atoms with Gasteiger partial charge in [0, 0.05) is 30.5 Å². The zero-order valence-electron chi connectivity index (χ0n) is 14.7. The molecule has 10 heteroatoms. The molecule has 2 amide bonds. The highest BCUT2D eigenvalue weighted by Gasteiger charge is 2.14. The van der Waals surface area contributed by atoms with Gasteiger partial charge in [-0.2, -0.15) is 0 Å². The molecule has 0 fully saturated rings. The van der Waals surface area contributed by atoms with Crippen LogP contribution in [-0.4, -0.2) is 39.9 Å². The number of hydrogen-bond donors (Lipinski definition) is 3. The Morgan fingerprint density at radius 1 is 0.964 bits per heavy atom. The quantitative estimate of drug-likeness (QED) is 0.485. The third kappa shape index (κ3) is 6.70. The van der Waals surface area contributed by atoms with E-state index in [1.165, 1.54) is 30.3 Å². The van der Waals surface area contributed by atoms with E-state index in [1.54, 1.807) is 18.2 Å². The van der Waals surface area contributed by atoms with Crippen molar-refractivity contribution in [3.63, 3.8) is 0 Å². The summed E-state index contributed by atoms with van der Waals surface area (Å²) in [7, 11) is -3.70. The van der Waals surface area contributed by atoms with Crippen molar-refractivity contribution >= 4 is 37.8 Å². The molecule has 150 valence electrons. The van der Waals surface area contributed by atoms with Gasteiger partial charge in [0.15, 0.2) is 0 Å². The van der Waals surface area contributed by atoms with E-state index in [0.29, 0.717) is 4.47 Å². The average Bonchev–Trinajstić information content (AvgIpc) is 2.65. The van der Waals surface area contributed by atoms with Gasteiger partial charge in [0.05, 0.1) is 10.5 Å². The Morgan fingerprint density at radius 2 is 1.68 bits per heavy atom. The minimum atomic E-state index is -3.70. The van der Waals surface area contributed by atoms with Gasteiger partial charge in [0.1, 0.15) is 5.82 Å². The molecule has 0 saturated carbocycles. The van der Waals surface area contributed by atoms with Crippen LogP contribution in [0.5, 0.6) is 0 Å². The molecule has 0 aromatic heterocycles. The molecule has 7 nitrogen and oxygen atoms in total. The molecule has 0 unspecified atom stereocenters. The summed E-state index contributed by atoms with van der Waals surface area (Å²) in [5.74, 6) is -1.58. The third-order valence-electron chi connectivity index (χ3n) is 3.60.